The van der Waals surface area contributed by atoms with E-state index >= 15 is 0 Å². The molecule has 212 valence electrons. The number of hydrogen-bond donors (Lipinski definition) is 2. The Balaban J connectivity index is 1.75. The van der Waals surface area contributed by atoms with E-state index in [0.717, 1.165) is 30.8 Å². The molecule has 2 aliphatic rings. The lowest BCUT2D eigenvalue weighted by molar-refractivity contribution is 0.00722. The number of halogens is 2. The van der Waals surface area contributed by atoms with E-state index in [1.165, 1.54) is 10.4 Å². The van der Waals surface area contributed by atoms with Gasteiger partial charge in [-0.2, -0.15) is 18.1 Å². The number of nitrogens with one attached hydrogen (secondary N) is 2. The summed E-state index contributed by atoms with van der Waals surface area (Å²) in [5.74, 6) is -5.64. The van der Waals surface area contributed by atoms with Gasteiger partial charge in [-0.05, 0) is 30.9 Å². The molecular weight excluding hydrogens is 556 g/mol. The number of carbonyl (C=O) groups is 1. The van der Waals surface area contributed by atoms with Crippen LogP contribution in [0, 0.1) is 5.92 Å². The van der Waals surface area contributed by atoms with E-state index in [2.05, 4.69) is 20.6 Å². The molecule has 1 aromatic carbocycles. The fourth-order valence-corrected chi connectivity index (χ4v) is 5.20. The van der Waals surface area contributed by atoms with E-state index in [4.69, 9.17) is 4.74 Å². The first-order valence-corrected chi connectivity index (χ1v) is 15.8. The molecule has 1 aromatic heterocycles. The lowest BCUT2D eigenvalue weighted by Crippen LogP contribution is -2.56. The van der Waals surface area contributed by atoms with Crippen LogP contribution in [-0.4, -0.2) is 74.7 Å². The summed E-state index contributed by atoms with van der Waals surface area (Å²) < 4.78 is 82.7. The number of alkyl halides is 2. The second-order valence-corrected chi connectivity index (χ2v) is 13.7. The molecule has 2 heterocycles. The first kappa shape index (κ1) is 28.8. The molecule has 2 N–H and O–H groups in total. The van der Waals surface area contributed by atoms with E-state index in [0.29, 0.717) is 6.92 Å². The van der Waals surface area contributed by atoms with Gasteiger partial charge in [-0.1, -0.05) is 24.3 Å². The molecule has 1 aliphatic heterocycles. The molecule has 4 rings (SSSR count). The molecule has 1 saturated carbocycles. The predicted molar refractivity (Wildman–Crippen MR) is 140 cm³/mol. The van der Waals surface area contributed by atoms with Crippen molar-refractivity contribution in [2.75, 3.05) is 30.9 Å². The summed E-state index contributed by atoms with van der Waals surface area (Å²) in [7, 11) is -6.92. The number of ether oxygens (including phenoxy) is 1. The topological polar surface area (TPSA) is 148 Å². The number of carbonyl (C=O) groups excluding carboxylic acids is 1. The summed E-state index contributed by atoms with van der Waals surface area (Å²) in [6.07, 6.45) is 4.98. The molecule has 0 bridgehead atoms. The highest BCUT2D eigenvalue weighted by molar-refractivity contribution is 7.93. The highest BCUT2D eigenvalue weighted by atomic mass is 32.2. The smallest absolute Gasteiger partial charge is 0.304 e. The lowest BCUT2D eigenvalue weighted by Gasteiger charge is -2.38. The quantitative estimate of drug-likeness (QED) is 0.406. The van der Waals surface area contributed by atoms with Crippen LogP contribution < -0.4 is 15.4 Å². The van der Waals surface area contributed by atoms with Gasteiger partial charge in [0.2, 0.25) is 21.7 Å². The number of aromatic nitrogens is 2. The molecule has 2 aromatic rings. The average Bonchev–Trinajstić information content (AvgIpc) is 3.62. The van der Waals surface area contributed by atoms with E-state index < -0.39 is 55.5 Å². The van der Waals surface area contributed by atoms with Crippen molar-refractivity contribution in [3.05, 3.63) is 53.2 Å². The van der Waals surface area contributed by atoms with Gasteiger partial charge in [-0.3, -0.25) is 4.79 Å². The number of amides is 1. The molecule has 1 saturated heterocycles. The molecule has 0 unspecified atom stereocenters. The Bertz CT molecular complexity index is 1470. The van der Waals surface area contributed by atoms with Crippen LogP contribution in [0.25, 0.3) is 0 Å². The SMILES string of the molecule is CC(F)(F)c1nc(NC2CN(S(C)(=O)=O)C2)c(C(=O)N[C@H](/C=C/S(C)(=O)=O)C2CC2)c(Oc2ccccc2)n1. The first-order valence-electron chi connectivity index (χ1n) is 12.0. The average molecular weight is 586 g/mol. The molecular formula is C24H29F2N5O6S2. The minimum atomic E-state index is -3.49. The standard InChI is InChI=1S/C24H29F2N5O6S2/c1-24(25,26)23-29-20(27-16-13-31(14-16)39(3,35)36)19(22(30-23)37-17-7-5-4-6-8-17)21(32)28-18(15-9-10-15)11-12-38(2,33)34/h4-8,11-12,15-16,18H,9-10,13-14H2,1-3H3,(H,28,32)(H,27,29,30)/b12-11+/t18-/m1/s1. The summed E-state index contributed by atoms with van der Waals surface area (Å²) in [5, 5.41) is 6.65. The minimum Gasteiger partial charge on any atom is -0.438 e. The van der Waals surface area contributed by atoms with Crippen LogP contribution in [0.5, 0.6) is 11.6 Å². The normalized spacial score (nSPS) is 18.0. The van der Waals surface area contributed by atoms with Crippen molar-refractivity contribution in [2.45, 2.75) is 37.8 Å². The number of sulfonamides is 1. The van der Waals surface area contributed by atoms with Crippen LogP contribution >= 0.6 is 0 Å². The molecule has 39 heavy (non-hydrogen) atoms. The highest BCUT2D eigenvalue weighted by Crippen LogP contribution is 2.36. The minimum absolute atomic E-state index is 0.00281. The maximum atomic E-state index is 14.4. The molecule has 1 aliphatic carbocycles. The number of hydrogen-bond acceptors (Lipinski definition) is 9. The number of anilines is 1. The van der Waals surface area contributed by atoms with Crippen molar-refractivity contribution in [1.82, 2.24) is 19.6 Å². The molecule has 0 radical (unpaired) electrons. The number of rotatable bonds is 11. The Hall–Kier alpha value is -3.17. The zero-order valence-electron chi connectivity index (χ0n) is 21.5. The molecule has 1 amide bonds. The van der Waals surface area contributed by atoms with Gasteiger partial charge in [-0.25, -0.2) is 21.8 Å². The zero-order valence-corrected chi connectivity index (χ0v) is 23.1. The highest BCUT2D eigenvalue weighted by Gasteiger charge is 2.38. The van der Waals surface area contributed by atoms with Crippen LogP contribution in [0.4, 0.5) is 14.6 Å². The summed E-state index contributed by atoms with van der Waals surface area (Å²) >= 11 is 0. The molecule has 0 spiro atoms. The molecule has 1 atom stereocenters. The Labute approximate surface area is 225 Å². The van der Waals surface area contributed by atoms with Crippen molar-refractivity contribution in [2.24, 2.45) is 5.92 Å². The van der Waals surface area contributed by atoms with Crippen molar-refractivity contribution >= 4 is 31.6 Å². The van der Waals surface area contributed by atoms with Crippen molar-refractivity contribution in [3.63, 3.8) is 0 Å². The second kappa shape index (κ2) is 10.8. The maximum Gasteiger partial charge on any atom is 0.304 e. The van der Waals surface area contributed by atoms with Gasteiger partial charge in [0.15, 0.2) is 9.84 Å². The van der Waals surface area contributed by atoms with E-state index in [1.807, 2.05) is 0 Å². The van der Waals surface area contributed by atoms with E-state index in [-0.39, 0.29) is 36.1 Å². The number of para-hydroxylation sites is 1. The monoisotopic (exact) mass is 585 g/mol. The Kier molecular flexibility index (Phi) is 7.96. The van der Waals surface area contributed by atoms with Crippen LogP contribution in [0.3, 0.4) is 0 Å². The Morgan fingerprint density at radius 1 is 1.13 bits per heavy atom. The lowest BCUT2D eigenvalue weighted by atomic mass is 10.1. The van der Waals surface area contributed by atoms with Gasteiger partial charge >= 0.3 is 5.92 Å². The van der Waals surface area contributed by atoms with E-state index in [9.17, 15) is 30.4 Å². The van der Waals surface area contributed by atoms with Crippen LogP contribution in [-0.2, 0) is 25.8 Å². The van der Waals surface area contributed by atoms with Crippen LogP contribution in [0.1, 0.15) is 35.9 Å². The largest absolute Gasteiger partial charge is 0.438 e. The molecule has 2 fully saturated rings. The fourth-order valence-electron chi connectivity index (χ4n) is 3.84. The summed E-state index contributed by atoms with van der Waals surface area (Å²) in [5.41, 5.74) is -0.275. The van der Waals surface area contributed by atoms with Gasteiger partial charge in [0.25, 0.3) is 5.91 Å². The number of nitrogens with zero attached hydrogens (tertiary/aromatic N) is 3. The third kappa shape index (κ3) is 7.70. The van der Waals surface area contributed by atoms with Crippen molar-refractivity contribution in [3.8, 4) is 11.6 Å². The maximum absolute atomic E-state index is 14.4. The summed E-state index contributed by atoms with van der Waals surface area (Å²) in [4.78, 5) is 21.4. The third-order valence-electron chi connectivity index (χ3n) is 6.07. The van der Waals surface area contributed by atoms with Gasteiger partial charge in [0.05, 0.1) is 18.3 Å². The fraction of sp³-hybridized carbons (Fsp3) is 0.458. The van der Waals surface area contributed by atoms with Crippen LogP contribution in [0.15, 0.2) is 41.8 Å². The molecule has 11 nitrogen and oxygen atoms in total. The third-order valence-corrected chi connectivity index (χ3v) is 7.96. The number of benzene rings is 1. The predicted octanol–water partition coefficient (Wildman–Crippen LogP) is 2.50. The van der Waals surface area contributed by atoms with Gasteiger partial charge < -0.3 is 15.4 Å². The summed E-state index contributed by atoms with van der Waals surface area (Å²) in [6.45, 7) is 0.683. The Morgan fingerprint density at radius 3 is 2.31 bits per heavy atom. The van der Waals surface area contributed by atoms with Gasteiger partial charge in [-0.15, -0.1) is 0 Å². The first-order chi connectivity index (χ1) is 18.1. The van der Waals surface area contributed by atoms with Crippen molar-refractivity contribution in [1.29, 1.82) is 0 Å². The van der Waals surface area contributed by atoms with Crippen molar-refractivity contribution < 1.29 is 35.1 Å². The molecule has 15 heteroatoms. The van der Waals surface area contributed by atoms with Gasteiger partial charge in [0, 0.05) is 31.7 Å². The zero-order chi connectivity index (χ0) is 28.6. The second-order valence-electron chi connectivity index (χ2n) is 9.80. The van der Waals surface area contributed by atoms with Gasteiger partial charge in [0.1, 0.15) is 17.1 Å². The Morgan fingerprint density at radius 2 is 1.77 bits per heavy atom. The summed E-state index contributed by atoms with van der Waals surface area (Å²) in [6, 6.07) is 6.96. The van der Waals surface area contributed by atoms with E-state index in [1.54, 1.807) is 30.3 Å². The van der Waals surface area contributed by atoms with Crippen LogP contribution in [0.2, 0.25) is 0 Å². The number of sulfone groups is 1.